The minimum Gasteiger partial charge on any atom is -0.302 e. The topological polar surface area (TPSA) is 42.3 Å². The number of rotatable bonds is 6. The van der Waals surface area contributed by atoms with Gasteiger partial charge in [-0.15, -0.1) is 0 Å². The molecule has 0 amide bonds. The first-order valence-electron chi connectivity index (χ1n) is 8.58. The summed E-state index contributed by atoms with van der Waals surface area (Å²) in [6.07, 6.45) is 5.27. The molecule has 4 nitrogen and oxygen atoms in total. The van der Waals surface area contributed by atoms with Crippen LogP contribution in [0.2, 0.25) is 0 Å². The molecule has 23 heavy (non-hydrogen) atoms. The van der Waals surface area contributed by atoms with Gasteiger partial charge in [-0.05, 0) is 50.6 Å². The molecular weight excluding hydrogens is 308 g/mol. The van der Waals surface area contributed by atoms with Crippen molar-refractivity contribution in [2.75, 3.05) is 19.6 Å². The Morgan fingerprint density at radius 1 is 1.17 bits per heavy atom. The Kier molecular flexibility index (Phi) is 5.28. The lowest BCUT2D eigenvalue weighted by molar-refractivity contribution is 0.0982. The first-order valence-corrected chi connectivity index (χ1v) is 9.39. The maximum Gasteiger partial charge on any atom is 0.308 e. The van der Waals surface area contributed by atoms with Gasteiger partial charge in [0.1, 0.15) is 0 Å². The predicted octanol–water partition coefficient (Wildman–Crippen LogP) is 3.53. The van der Waals surface area contributed by atoms with E-state index in [9.17, 15) is 9.59 Å². The number of nitrogens with zero attached hydrogens (tertiary/aromatic N) is 2. The van der Waals surface area contributed by atoms with Crippen LogP contribution in [0.5, 0.6) is 0 Å². The average Bonchev–Trinajstić information content (AvgIpc) is 2.88. The van der Waals surface area contributed by atoms with Crippen LogP contribution in [0.25, 0.3) is 10.2 Å². The standard InChI is InChI=1S/C18H24N2O2S/c1-2-6-16(21)14-7-8-15-17(13-14)23-18(22)20(15)12-11-19-9-4-3-5-10-19/h7-8,13H,2-6,9-12H2,1H3. The Bertz CT molecular complexity index is 741. The molecule has 0 unspecified atom stereocenters. The summed E-state index contributed by atoms with van der Waals surface area (Å²) in [5, 5.41) is 0. The fourth-order valence-electron chi connectivity index (χ4n) is 3.25. The van der Waals surface area contributed by atoms with Crippen LogP contribution in [0.4, 0.5) is 0 Å². The molecule has 2 heterocycles. The zero-order valence-corrected chi connectivity index (χ0v) is 14.5. The van der Waals surface area contributed by atoms with E-state index in [1.54, 1.807) is 0 Å². The maximum absolute atomic E-state index is 12.3. The van der Waals surface area contributed by atoms with Crippen molar-refractivity contribution >= 4 is 27.3 Å². The lowest BCUT2D eigenvalue weighted by Gasteiger charge is -2.26. The molecule has 1 aromatic heterocycles. The number of hydrogen-bond donors (Lipinski definition) is 0. The maximum atomic E-state index is 12.3. The monoisotopic (exact) mass is 332 g/mol. The van der Waals surface area contributed by atoms with Crippen molar-refractivity contribution in [3.8, 4) is 0 Å². The van der Waals surface area contributed by atoms with E-state index in [0.29, 0.717) is 6.42 Å². The summed E-state index contributed by atoms with van der Waals surface area (Å²) >= 11 is 1.25. The quantitative estimate of drug-likeness (QED) is 0.760. The fourth-order valence-corrected chi connectivity index (χ4v) is 4.20. The Morgan fingerprint density at radius 2 is 1.96 bits per heavy atom. The number of piperidine rings is 1. The van der Waals surface area contributed by atoms with E-state index in [0.717, 1.165) is 48.4 Å². The van der Waals surface area contributed by atoms with Gasteiger partial charge < -0.3 is 4.90 Å². The van der Waals surface area contributed by atoms with Crippen molar-refractivity contribution in [1.29, 1.82) is 0 Å². The van der Waals surface area contributed by atoms with Crippen LogP contribution in [0.15, 0.2) is 23.0 Å². The van der Waals surface area contributed by atoms with Crippen molar-refractivity contribution in [2.45, 2.75) is 45.6 Å². The van der Waals surface area contributed by atoms with Crippen LogP contribution in [-0.4, -0.2) is 34.9 Å². The van der Waals surface area contributed by atoms with E-state index in [2.05, 4.69) is 4.90 Å². The number of Topliss-reactive ketones (excluding diaryl/α,β-unsaturated/α-hetero) is 1. The number of aromatic nitrogens is 1. The Morgan fingerprint density at radius 3 is 2.70 bits per heavy atom. The van der Waals surface area contributed by atoms with Gasteiger partial charge in [0.15, 0.2) is 5.78 Å². The van der Waals surface area contributed by atoms with Crippen LogP contribution in [0.1, 0.15) is 49.4 Å². The number of thiazole rings is 1. The number of fused-ring (bicyclic) bond motifs is 1. The zero-order chi connectivity index (χ0) is 16.2. The lowest BCUT2D eigenvalue weighted by atomic mass is 10.1. The fraction of sp³-hybridized carbons (Fsp3) is 0.556. The summed E-state index contributed by atoms with van der Waals surface area (Å²) in [5.41, 5.74) is 1.69. The summed E-state index contributed by atoms with van der Waals surface area (Å²) < 4.78 is 2.79. The third-order valence-corrected chi connectivity index (χ3v) is 5.50. The molecule has 1 aliphatic heterocycles. The second kappa shape index (κ2) is 7.41. The number of hydrogen-bond acceptors (Lipinski definition) is 4. The third kappa shape index (κ3) is 3.72. The molecule has 0 N–H and O–H groups in total. The zero-order valence-electron chi connectivity index (χ0n) is 13.7. The van der Waals surface area contributed by atoms with Gasteiger partial charge in [-0.25, -0.2) is 0 Å². The Balaban J connectivity index is 1.79. The van der Waals surface area contributed by atoms with Crippen molar-refractivity contribution in [2.24, 2.45) is 0 Å². The van der Waals surface area contributed by atoms with E-state index >= 15 is 0 Å². The van der Waals surface area contributed by atoms with Crippen LogP contribution in [0, 0.1) is 0 Å². The lowest BCUT2D eigenvalue weighted by Crippen LogP contribution is -2.33. The third-order valence-electron chi connectivity index (χ3n) is 4.56. The largest absolute Gasteiger partial charge is 0.308 e. The first kappa shape index (κ1) is 16.4. The minimum absolute atomic E-state index is 0.0806. The highest BCUT2D eigenvalue weighted by Crippen LogP contribution is 2.20. The molecule has 3 rings (SSSR count). The van der Waals surface area contributed by atoms with Crippen LogP contribution >= 0.6 is 11.3 Å². The van der Waals surface area contributed by atoms with Crippen molar-refractivity contribution in [3.63, 3.8) is 0 Å². The van der Waals surface area contributed by atoms with Gasteiger partial charge in [0.25, 0.3) is 0 Å². The normalized spacial score (nSPS) is 16.0. The number of likely N-dealkylation sites (tertiary alicyclic amines) is 1. The summed E-state index contributed by atoms with van der Waals surface area (Å²) in [6.45, 7) is 5.97. The van der Waals surface area contributed by atoms with E-state index in [-0.39, 0.29) is 10.7 Å². The molecule has 0 spiro atoms. The summed E-state index contributed by atoms with van der Waals surface area (Å²) in [4.78, 5) is 26.8. The Hall–Kier alpha value is -1.46. The molecule has 1 saturated heterocycles. The highest BCUT2D eigenvalue weighted by atomic mass is 32.1. The molecule has 0 bridgehead atoms. The van der Waals surface area contributed by atoms with Gasteiger partial charge in [-0.3, -0.25) is 14.2 Å². The predicted molar refractivity (Wildman–Crippen MR) is 95.6 cm³/mol. The van der Waals surface area contributed by atoms with Gasteiger partial charge in [0.2, 0.25) is 0 Å². The molecule has 124 valence electrons. The molecule has 0 saturated carbocycles. The van der Waals surface area contributed by atoms with Gasteiger partial charge in [-0.2, -0.15) is 0 Å². The van der Waals surface area contributed by atoms with Gasteiger partial charge >= 0.3 is 4.87 Å². The van der Waals surface area contributed by atoms with Crippen LogP contribution in [-0.2, 0) is 6.54 Å². The van der Waals surface area contributed by atoms with E-state index < -0.39 is 0 Å². The molecule has 1 aliphatic rings. The van der Waals surface area contributed by atoms with Gasteiger partial charge in [0, 0.05) is 25.1 Å². The second-order valence-electron chi connectivity index (χ2n) is 6.28. The summed E-state index contributed by atoms with van der Waals surface area (Å²) in [7, 11) is 0. The molecule has 5 heteroatoms. The molecule has 1 aromatic carbocycles. The number of carbonyl (C=O) groups excluding carboxylic acids is 1. The van der Waals surface area contributed by atoms with E-state index in [1.807, 2.05) is 29.7 Å². The van der Waals surface area contributed by atoms with Crippen LogP contribution in [0.3, 0.4) is 0 Å². The first-order chi connectivity index (χ1) is 11.2. The summed E-state index contributed by atoms with van der Waals surface area (Å²) in [5.74, 6) is 0.162. The smallest absolute Gasteiger partial charge is 0.302 e. The average molecular weight is 332 g/mol. The van der Waals surface area contributed by atoms with Crippen molar-refractivity contribution < 1.29 is 4.79 Å². The van der Waals surface area contributed by atoms with E-state index in [4.69, 9.17) is 0 Å². The van der Waals surface area contributed by atoms with Crippen molar-refractivity contribution in [3.05, 3.63) is 33.4 Å². The number of ketones is 1. The van der Waals surface area contributed by atoms with E-state index in [1.165, 1.54) is 30.6 Å². The van der Waals surface area contributed by atoms with Gasteiger partial charge in [0.05, 0.1) is 10.2 Å². The van der Waals surface area contributed by atoms with Gasteiger partial charge in [-0.1, -0.05) is 24.7 Å². The molecule has 2 aromatic rings. The summed E-state index contributed by atoms with van der Waals surface area (Å²) in [6, 6.07) is 5.69. The molecule has 0 atom stereocenters. The molecular formula is C18H24N2O2S. The SMILES string of the molecule is CCCC(=O)c1ccc2c(c1)sc(=O)n2CCN1CCCCC1. The van der Waals surface area contributed by atoms with Crippen molar-refractivity contribution in [1.82, 2.24) is 9.47 Å². The number of carbonyl (C=O) groups is 1. The minimum atomic E-state index is 0.0806. The molecule has 0 aliphatic carbocycles. The van der Waals surface area contributed by atoms with Crippen LogP contribution < -0.4 is 4.87 Å². The highest BCUT2D eigenvalue weighted by Gasteiger charge is 2.14. The second-order valence-corrected chi connectivity index (χ2v) is 7.27. The molecule has 0 radical (unpaired) electrons. The Labute approximate surface area is 140 Å². The highest BCUT2D eigenvalue weighted by molar-refractivity contribution is 7.16. The molecule has 1 fully saturated rings. The number of benzene rings is 1.